The third kappa shape index (κ3) is 10.0. The van der Waals surface area contributed by atoms with Gasteiger partial charge in [-0.3, -0.25) is 9.59 Å². The lowest BCUT2D eigenvalue weighted by atomic mass is 9.47. The highest BCUT2D eigenvalue weighted by Gasteiger charge is 2.65. The van der Waals surface area contributed by atoms with Gasteiger partial charge in [0.05, 0.1) is 54.4 Å². The number of rotatable bonds is 9. The number of hydrogen-bond acceptors (Lipinski definition) is 12. The van der Waals surface area contributed by atoms with E-state index in [0.717, 1.165) is 125 Å². The lowest BCUT2D eigenvalue weighted by molar-refractivity contribution is -0.149. The number of fused-ring (bicyclic) bond motifs is 11. The Bertz CT molecular complexity index is 3840. The summed E-state index contributed by atoms with van der Waals surface area (Å²) >= 11 is 0. The average Bonchev–Trinajstić information content (AvgIpc) is 1.67. The van der Waals surface area contributed by atoms with E-state index in [4.69, 9.17) is 14.2 Å². The Labute approximate surface area is 500 Å². The molecule has 14 rings (SSSR count). The summed E-state index contributed by atoms with van der Waals surface area (Å²) in [5.74, 6) is 6.37. The van der Waals surface area contributed by atoms with Crippen molar-refractivity contribution in [3.8, 4) is 51.8 Å². The number of phenols is 3. The number of phenolic OH excluding ortho intramolecular Hbond substituents is 3. The molecule has 0 amide bonds. The number of nitrogens with one attached hydrogen (secondary N) is 3. The normalized spacial score (nSPS) is 30.8. The molecule has 2 bridgehead atoms. The number of ether oxygens (including phenoxy) is 3. The number of aromatic hydroxyl groups is 3. The molecule has 5 aliphatic carbocycles. The van der Waals surface area contributed by atoms with E-state index in [1.165, 1.54) is 6.07 Å². The molecule has 0 radical (unpaired) electrons. The van der Waals surface area contributed by atoms with Crippen LogP contribution in [0.25, 0.3) is 38.8 Å². The van der Waals surface area contributed by atoms with E-state index in [1.807, 2.05) is 42.6 Å². The van der Waals surface area contributed by atoms with Crippen LogP contribution in [-0.4, -0.2) is 107 Å². The highest BCUT2D eigenvalue weighted by Crippen LogP contribution is 2.69. The molecule has 4 aromatic carbocycles. The summed E-state index contributed by atoms with van der Waals surface area (Å²) < 4.78 is 20.4. The maximum Gasteiger partial charge on any atom is 0.318 e. The lowest BCUT2D eigenvalue weighted by Crippen LogP contribution is -2.65. The molecule has 4 saturated carbocycles. The van der Waals surface area contributed by atoms with E-state index in [-0.39, 0.29) is 114 Å². The van der Waals surface area contributed by atoms with Gasteiger partial charge in [-0.05, 0) is 195 Å². The summed E-state index contributed by atoms with van der Waals surface area (Å²) in [6.45, 7) is -0.216. The van der Waals surface area contributed by atoms with Gasteiger partial charge in [-0.25, -0.2) is 0 Å². The Morgan fingerprint density at radius 2 is 1.72 bits per heavy atom. The number of benzene rings is 4. The first-order valence-electron chi connectivity index (χ1n) is 31.4. The summed E-state index contributed by atoms with van der Waals surface area (Å²) in [5, 5.41) is 72.5. The third-order valence-corrected chi connectivity index (χ3v) is 21.6. The number of carbonyl (C=O) groups excluding carboxylic acids is 2. The predicted octanol–water partition coefficient (Wildman–Crippen LogP) is 11.1. The second kappa shape index (κ2) is 22.7. The van der Waals surface area contributed by atoms with E-state index >= 15 is 4.79 Å². The van der Waals surface area contributed by atoms with E-state index in [0.29, 0.717) is 37.9 Å². The fourth-order valence-corrected chi connectivity index (χ4v) is 18.1. The summed E-state index contributed by atoms with van der Waals surface area (Å²) in [6, 6.07) is 28.8. The highest BCUT2D eigenvalue weighted by molar-refractivity contribution is 5.94. The maximum absolute atomic E-state index is 15.5. The highest BCUT2D eigenvalue weighted by atomic mass is 16.5. The van der Waals surface area contributed by atoms with E-state index < -0.39 is 29.8 Å². The topological polar surface area (TPSA) is 232 Å². The van der Waals surface area contributed by atoms with Crippen molar-refractivity contribution in [1.82, 2.24) is 19.9 Å². The Balaban J connectivity index is 0.919. The van der Waals surface area contributed by atoms with Gasteiger partial charge in [-0.1, -0.05) is 60.7 Å². The molecule has 9 N–H and O–H groups in total. The van der Waals surface area contributed by atoms with Crippen LogP contribution in [0.5, 0.6) is 28.7 Å². The van der Waals surface area contributed by atoms with Gasteiger partial charge in [0.2, 0.25) is 0 Å². The number of hydrogen-bond donors (Lipinski definition) is 9. The molecule has 7 aliphatic rings. The van der Waals surface area contributed by atoms with Crippen LogP contribution in [0.3, 0.4) is 0 Å². The second-order valence-corrected chi connectivity index (χ2v) is 26.3. The average molecular weight is 1160 g/mol. The molecule has 86 heavy (non-hydrogen) atoms. The van der Waals surface area contributed by atoms with Gasteiger partial charge in [0.1, 0.15) is 30.7 Å². The number of H-pyrrole nitrogens is 2. The summed E-state index contributed by atoms with van der Waals surface area (Å²) in [7, 11) is 1.56. The standard InChI is InChI=1S/C71H78N4O11/c1-84-63-36-52-51(35-62(63)82)54-30-43-38-70(23-24-71(39-70)65(31-42-9-7-14-61(81)68(42)74-71)75-58-22-25-72-57(58)37-59(75)41-8-6-10-44(77)29-41)55-34-45(78)18-20-50(55)67(43)53(52)33-46(79)32-47(19-16-40-17-21-60(80)64(28-40)85-27-26-76)86-66(83)15-5-3-12-49-48-11-2-4-13-56(48)73-69(49)54/h2,4,6,8,10-11,13,17,21-22,25,28-30,35-37,42-43,45,47,50,53,55,61,65,67-68,72-74,76-78,80-82H,7,9,12,14-16,18-20,23-24,26-27,31-34,38-39H2,1H3. The van der Waals surface area contributed by atoms with Crippen LogP contribution in [0.1, 0.15) is 136 Å². The zero-order valence-corrected chi connectivity index (χ0v) is 48.8. The number of aliphatic hydroxyl groups is 3. The largest absolute Gasteiger partial charge is 0.508 e. The first kappa shape index (κ1) is 56.3. The molecule has 448 valence electrons. The van der Waals surface area contributed by atoms with Gasteiger partial charge in [0, 0.05) is 59.1 Å². The number of aromatic nitrogens is 3. The van der Waals surface area contributed by atoms with Crippen molar-refractivity contribution >= 4 is 39.3 Å². The molecule has 3 aromatic heterocycles. The fraction of sp³-hybridized carbons (Fsp3) is 0.465. The molecule has 15 nitrogen and oxygen atoms in total. The van der Waals surface area contributed by atoms with Crippen molar-refractivity contribution in [3.05, 3.63) is 131 Å². The van der Waals surface area contributed by atoms with E-state index in [2.05, 4.69) is 68.1 Å². The van der Waals surface area contributed by atoms with Crippen LogP contribution >= 0.6 is 0 Å². The number of cyclic esters (lactones) is 1. The van der Waals surface area contributed by atoms with Crippen LogP contribution in [0.2, 0.25) is 0 Å². The molecule has 2 aliphatic heterocycles. The molecule has 5 heterocycles. The first-order chi connectivity index (χ1) is 41.8. The van der Waals surface area contributed by atoms with Crippen LogP contribution in [-0.2, 0) is 27.2 Å². The van der Waals surface area contributed by atoms with Crippen LogP contribution in [0.4, 0.5) is 0 Å². The monoisotopic (exact) mass is 1160 g/mol. The molecule has 13 atom stereocenters. The minimum Gasteiger partial charge on any atom is -0.508 e. The SMILES string of the molecule is COc1cc2c(cc1O)C1=CC3CC4(CCC5(C4)NC4C(O)CCCC4CC5n4c(-c5cccc(O)c5)cc5[nH]ccc54)C4CC(O)CCC4C3C2CC(=O)CC(CCc2ccc(O)c(OCCO)c2)OC(=O)CC#CCc2c1[nH]c1ccccc21. The van der Waals surface area contributed by atoms with Crippen LogP contribution < -0.4 is 14.8 Å². The Hall–Kier alpha value is -7.48. The number of para-hydroxylation sites is 1. The van der Waals surface area contributed by atoms with Gasteiger partial charge >= 0.3 is 5.97 Å². The quantitative estimate of drug-likeness (QED) is 0.0485. The summed E-state index contributed by atoms with van der Waals surface area (Å²) in [4.78, 5) is 36.8. The van der Waals surface area contributed by atoms with E-state index in [9.17, 15) is 35.4 Å². The molecule has 13 unspecified atom stereocenters. The summed E-state index contributed by atoms with van der Waals surface area (Å²) in [6.07, 6.45) is 12.6. The number of nitrogens with zero attached hydrogens (tertiary/aromatic N) is 1. The minimum atomic E-state index is -0.800. The van der Waals surface area contributed by atoms with Crippen molar-refractivity contribution in [1.29, 1.82) is 0 Å². The number of methoxy groups -OCH3 is 1. The molecular weight excluding hydrogens is 1080 g/mol. The zero-order chi connectivity index (χ0) is 59.0. The molecular formula is C71H78N4O11. The number of aromatic amines is 2. The molecule has 7 aromatic rings. The van der Waals surface area contributed by atoms with Gasteiger partial charge in [0.15, 0.2) is 23.0 Å². The maximum atomic E-state index is 15.5. The summed E-state index contributed by atoms with van der Waals surface area (Å²) in [5.41, 5.74) is 9.53. The number of piperidine rings is 1. The van der Waals surface area contributed by atoms with Crippen molar-refractivity contribution in [2.24, 2.45) is 35.0 Å². The Morgan fingerprint density at radius 1 is 0.849 bits per heavy atom. The number of aliphatic hydroxyl groups excluding tert-OH is 3. The molecule has 1 saturated heterocycles. The smallest absolute Gasteiger partial charge is 0.318 e. The molecule has 5 fully saturated rings. The Kier molecular flexibility index (Phi) is 14.8. The number of carbonyl (C=O) groups is 2. The van der Waals surface area contributed by atoms with Crippen molar-refractivity contribution in [3.63, 3.8) is 0 Å². The van der Waals surface area contributed by atoms with Crippen molar-refractivity contribution < 1.29 is 54.4 Å². The predicted molar refractivity (Wildman–Crippen MR) is 327 cm³/mol. The molecule has 2 spiro atoms. The van der Waals surface area contributed by atoms with Crippen molar-refractivity contribution in [2.45, 2.75) is 151 Å². The van der Waals surface area contributed by atoms with Crippen molar-refractivity contribution in [2.75, 3.05) is 20.3 Å². The van der Waals surface area contributed by atoms with Gasteiger partial charge in [-0.2, -0.15) is 0 Å². The van der Waals surface area contributed by atoms with Gasteiger partial charge < -0.3 is 64.7 Å². The Morgan fingerprint density at radius 3 is 2.58 bits per heavy atom. The zero-order valence-electron chi connectivity index (χ0n) is 48.8. The number of ketones is 1. The van der Waals surface area contributed by atoms with Gasteiger partial charge in [0.25, 0.3) is 0 Å². The van der Waals surface area contributed by atoms with Gasteiger partial charge in [-0.15, -0.1) is 0 Å². The lowest BCUT2D eigenvalue weighted by Gasteiger charge is -2.59. The number of allylic oxidation sites excluding steroid dienone is 1. The first-order valence-corrected chi connectivity index (χ1v) is 31.4. The number of aryl methyl sites for hydroxylation is 1. The second-order valence-electron chi connectivity index (χ2n) is 26.3. The minimum absolute atomic E-state index is 0.00565. The van der Waals surface area contributed by atoms with Crippen LogP contribution in [0.15, 0.2) is 103 Å². The van der Waals surface area contributed by atoms with Crippen LogP contribution in [0, 0.1) is 46.8 Å². The fourth-order valence-electron chi connectivity index (χ4n) is 18.1. The number of esters is 1. The molecule has 15 heteroatoms. The van der Waals surface area contributed by atoms with E-state index in [1.54, 1.807) is 25.3 Å². The third-order valence-electron chi connectivity index (χ3n) is 21.6. The number of Topliss-reactive ketones (excluding diaryl/α,β-unsaturated/α-hetero) is 1.